The largest absolute Gasteiger partial charge is 0.493 e. The second-order valence-electron chi connectivity index (χ2n) is 7.80. The Bertz CT molecular complexity index is 1180. The van der Waals surface area contributed by atoms with E-state index in [1.165, 1.54) is 7.11 Å². The summed E-state index contributed by atoms with van der Waals surface area (Å²) in [5.41, 5.74) is 2.55. The van der Waals surface area contributed by atoms with Crippen LogP contribution in [0.2, 0.25) is 0 Å². The summed E-state index contributed by atoms with van der Waals surface area (Å²) in [6.07, 6.45) is 0. The van der Waals surface area contributed by atoms with Gasteiger partial charge in [0.05, 0.1) is 24.4 Å². The number of aryl methyl sites for hydroxylation is 1. The maximum absolute atomic E-state index is 12.8. The molecule has 35 heavy (non-hydrogen) atoms. The molecule has 0 fully saturated rings. The third-order valence-electron chi connectivity index (χ3n) is 5.12. The van der Waals surface area contributed by atoms with E-state index in [-0.39, 0.29) is 18.6 Å². The number of amides is 2. The number of esters is 1. The van der Waals surface area contributed by atoms with Crippen LogP contribution in [0.15, 0.2) is 72.8 Å². The Morgan fingerprint density at radius 1 is 0.886 bits per heavy atom. The molecule has 1 unspecified atom stereocenters. The molecular weight excluding hydrogens is 448 g/mol. The van der Waals surface area contributed by atoms with Crippen molar-refractivity contribution in [1.82, 2.24) is 5.32 Å². The van der Waals surface area contributed by atoms with Gasteiger partial charge in [0.25, 0.3) is 11.8 Å². The molecule has 182 valence electrons. The summed E-state index contributed by atoms with van der Waals surface area (Å²) < 4.78 is 15.7. The molecule has 0 bridgehead atoms. The van der Waals surface area contributed by atoms with Crippen LogP contribution in [0, 0.1) is 6.92 Å². The zero-order chi connectivity index (χ0) is 25.2. The van der Waals surface area contributed by atoms with E-state index in [2.05, 4.69) is 10.6 Å². The number of hydrogen-bond acceptors (Lipinski definition) is 6. The van der Waals surface area contributed by atoms with E-state index in [0.717, 1.165) is 11.1 Å². The minimum Gasteiger partial charge on any atom is -0.493 e. The summed E-state index contributed by atoms with van der Waals surface area (Å²) in [5, 5.41) is 5.54. The summed E-state index contributed by atoms with van der Waals surface area (Å²) in [7, 11) is 1.50. The first-order chi connectivity index (χ1) is 16.9. The fourth-order valence-corrected chi connectivity index (χ4v) is 3.29. The predicted octanol–water partition coefficient (Wildman–Crippen LogP) is 4.06. The standard InChI is InChI=1S/C27H28N2O6/c1-18-13-14-23(24(15-18)33-3)34-17-26(31)35-16-25(30)29-22-12-8-7-11-21(22)27(32)28-19(2)20-9-5-4-6-10-20/h4-15,19H,16-17H2,1-3H3,(H,28,32)(H,29,30). The topological polar surface area (TPSA) is 103 Å². The van der Waals surface area contributed by atoms with Crippen molar-refractivity contribution in [3.05, 3.63) is 89.5 Å². The van der Waals surface area contributed by atoms with E-state index in [0.29, 0.717) is 22.7 Å². The number of carbonyl (C=O) groups is 3. The molecule has 0 aliphatic heterocycles. The smallest absolute Gasteiger partial charge is 0.344 e. The van der Waals surface area contributed by atoms with Crippen molar-refractivity contribution in [3.8, 4) is 11.5 Å². The number of methoxy groups -OCH3 is 1. The highest BCUT2D eigenvalue weighted by molar-refractivity contribution is 6.04. The quantitative estimate of drug-likeness (QED) is 0.428. The van der Waals surface area contributed by atoms with Gasteiger partial charge in [0.1, 0.15) is 0 Å². The maximum Gasteiger partial charge on any atom is 0.344 e. The monoisotopic (exact) mass is 476 g/mol. The average molecular weight is 477 g/mol. The molecule has 8 heteroatoms. The Hall–Kier alpha value is -4.33. The van der Waals surface area contributed by atoms with Gasteiger partial charge in [0.2, 0.25) is 0 Å². The van der Waals surface area contributed by atoms with Crippen molar-refractivity contribution in [1.29, 1.82) is 0 Å². The van der Waals surface area contributed by atoms with Crippen molar-refractivity contribution in [3.63, 3.8) is 0 Å². The van der Waals surface area contributed by atoms with Gasteiger partial charge in [-0.3, -0.25) is 9.59 Å². The highest BCUT2D eigenvalue weighted by Crippen LogP contribution is 2.27. The van der Waals surface area contributed by atoms with Gasteiger partial charge in [0.15, 0.2) is 24.7 Å². The molecule has 2 amide bonds. The van der Waals surface area contributed by atoms with Crippen molar-refractivity contribution >= 4 is 23.5 Å². The second kappa shape index (κ2) is 12.2. The number of rotatable bonds is 10. The van der Waals surface area contributed by atoms with E-state index >= 15 is 0 Å². The lowest BCUT2D eigenvalue weighted by Crippen LogP contribution is -2.29. The lowest BCUT2D eigenvalue weighted by Gasteiger charge is -2.16. The van der Waals surface area contributed by atoms with E-state index < -0.39 is 18.5 Å². The summed E-state index contributed by atoms with van der Waals surface area (Å²) in [4.78, 5) is 37.2. The average Bonchev–Trinajstić information content (AvgIpc) is 2.87. The molecule has 8 nitrogen and oxygen atoms in total. The minimum absolute atomic E-state index is 0.222. The highest BCUT2D eigenvalue weighted by atomic mass is 16.6. The maximum atomic E-state index is 12.8. The van der Waals surface area contributed by atoms with Gasteiger partial charge < -0.3 is 24.8 Å². The molecule has 0 aliphatic rings. The zero-order valence-electron chi connectivity index (χ0n) is 19.9. The fourth-order valence-electron chi connectivity index (χ4n) is 3.29. The first-order valence-electron chi connectivity index (χ1n) is 11.0. The van der Waals surface area contributed by atoms with Gasteiger partial charge >= 0.3 is 5.97 Å². The van der Waals surface area contributed by atoms with Crippen LogP contribution in [-0.2, 0) is 14.3 Å². The van der Waals surface area contributed by atoms with Crippen LogP contribution in [0.25, 0.3) is 0 Å². The van der Waals surface area contributed by atoms with Crippen molar-refractivity contribution < 1.29 is 28.6 Å². The normalized spacial score (nSPS) is 11.2. The number of para-hydroxylation sites is 1. The third-order valence-corrected chi connectivity index (χ3v) is 5.12. The Labute approximate surface area is 204 Å². The number of hydrogen-bond donors (Lipinski definition) is 2. The minimum atomic E-state index is -0.717. The highest BCUT2D eigenvalue weighted by Gasteiger charge is 2.17. The molecule has 0 heterocycles. The van der Waals surface area contributed by atoms with E-state index in [1.807, 2.05) is 50.2 Å². The first kappa shape index (κ1) is 25.3. The van der Waals surface area contributed by atoms with Crippen LogP contribution in [0.4, 0.5) is 5.69 Å². The number of ether oxygens (including phenoxy) is 3. The molecule has 3 aromatic rings. The molecule has 0 aromatic heterocycles. The number of anilines is 1. The Morgan fingerprint density at radius 2 is 1.60 bits per heavy atom. The summed E-state index contributed by atoms with van der Waals surface area (Å²) in [5.74, 6) is -0.751. The van der Waals surface area contributed by atoms with Gasteiger partial charge in [0, 0.05) is 0 Å². The van der Waals surface area contributed by atoms with Gasteiger partial charge in [-0.2, -0.15) is 0 Å². The summed E-state index contributed by atoms with van der Waals surface area (Å²) in [6.45, 7) is 2.87. The molecule has 3 rings (SSSR count). The molecule has 0 saturated carbocycles. The molecule has 1 atom stereocenters. The third kappa shape index (κ3) is 7.33. The molecule has 0 aliphatic carbocycles. The molecule has 0 spiro atoms. The van der Waals surface area contributed by atoms with Crippen LogP contribution in [0.5, 0.6) is 11.5 Å². The number of nitrogens with one attached hydrogen (secondary N) is 2. The van der Waals surface area contributed by atoms with Gasteiger partial charge in [-0.05, 0) is 49.2 Å². The Morgan fingerprint density at radius 3 is 2.34 bits per heavy atom. The fraction of sp³-hybridized carbons (Fsp3) is 0.222. The number of carbonyl (C=O) groups excluding carboxylic acids is 3. The number of benzene rings is 3. The van der Waals surface area contributed by atoms with Gasteiger partial charge in [-0.25, -0.2) is 4.79 Å². The second-order valence-corrected chi connectivity index (χ2v) is 7.80. The van der Waals surface area contributed by atoms with Crippen LogP contribution in [-0.4, -0.2) is 38.1 Å². The van der Waals surface area contributed by atoms with Crippen LogP contribution < -0.4 is 20.1 Å². The predicted molar refractivity (Wildman–Crippen MR) is 132 cm³/mol. The first-order valence-corrected chi connectivity index (χ1v) is 11.0. The SMILES string of the molecule is COc1cc(C)ccc1OCC(=O)OCC(=O)Nc1ccccc1C(=O)NC(C)c1ccccc1. The van der Waals surface area contributed by atoms with Gasteiger partial charge in [-0.15, -0.1) is 0 Å². The van der Waals surface area contributed by atoms with E-state index in [9.17, 15) is 14.4 Å². The zero-order valence-corrected chi connectivity index (χ0v) is 19.9. The van der Waals surface area contributed by atoms with Crippen molar-refractivity contribution in [2.75, 3.05) is 25.6 Å². The molecule has 3 aromatic carbocycles. The van der Waals surface area contributed by atoms with Gasteiger partial charge in [-0.1, -0.05) is 48.5 Å². The van der Waals surface area contributed by atoms with E-state index in [1.54, 1.807) is 36.4 Å². The summed E-state index contributed by atoms with van der Waals surface area (Å²) in [6, 6.07) is 21.2. The van der Waals surface area contributed by atoms with E-state index in [4.69, 9.17) is 14.2 Å². The molecule has 2 N–H and O–H groups in total. The van der Waals surface area contributed by atoms with Crippen LogP contribution in [0.3, 0.4) is 0 Å². The lowest BCUT2D eigenvalue weighted by molar-refractivity contribution is -0.149. The Kier molecular flexibility index (Phi) is 8.83. The summed E-state index contributed by atoms with van der Waals surface area (Å²) >= 11 is 0. The molecular formula is C27H28N2O6. The Balaban J connectivity index is 1.52. The van der Waals surface area contributed by atoms with Crippen LogP contribution >= 0.6 is 0 Å². The van der Waals surface area contributed by atoms with Crippen molar-refractivity contribution in [2.24, 2.45) is 0 Å². The lowest BCUT2D eigenvalue weighted by atomic mass is 10.1. The molecule has 0 radical (unpaired) electrons. The van der Waals surface area contributed by atoms with Crippen LogP contribution in [0.1, 0.15) is 34.5 Å². The van der Waals surface area contributed by atoms with Crippen molar-refractivity contribution in [2.45, 2.75) is 19.9 Å². The molecule has 0 saturated heterocycles.